The Balaban J connectivity index is 1.87. The van der Waals surface area contributed by atoms with Gasteiger partial charge in [0.15, 0.2) is 6.54 Å². The predicted octanol–water partition coefficient (Wildman–Crippen LogP) is 2.10. The van der Waals surface area contributed by atoms with Crippen LogP contribution in [0.1, 0.15) is 5.56 Å². The van der Waals surface area contributed by atoms with E-state index in [1.165, 1.54) is 5.56 Å². The highest BCUT2D eigenvalue weighted by Gasteiger charge is 2.11. The second kappa shape index (κ2) is 7.22. The molecule has 0 saturated heterocycles. The van der Waals surface area contributed by atoms with Gasteiger partial charge in [0.2, 0.25) is 0 Å². The second-order valence-electron chi connectivity index (χ2n) is 4.82. The minimum absolute atomic E-state index is 0.0188. The number of para-hydroxylation sites is 1. The maximum Gasteiger partial charge on any atom is 0.279 e. The number of hydrogen-bond acceptors (Lipinski definition) is 1. The third-order valence-corrected chi connectivity index (χ3v) is 3.65. The van der Waals surface area contributed by atoms with E-state index >= 15 is 0 Å². The smallest absolute Gasteiger partial charge is 0.279 e. The Morgan fingerprint density at radius 3 is 2.45 bits per heavy atom. The summed E-state index contributed by atoms with van der Waals surface area (Å²) in [5.41, 5.74) is 2.05. The number of rotatable bonds is 5. The number of benzene rings is 2. The molecule has 2 aromatic carbocycles. The predicted molar refractivity (Wildman–Crippen MR) is 84.7 cm³/mol. The lowest BCUT2D eigenvalue weighted by Crippen LogP contribution is -3.08. The van der Waals surface area contributed by atoms with Crippen molar-refractivity contribution in [3.8, 4) is 0 Å². The van der Waals surface area contributed by atoms with Gasteiger partial charge in [0, 0.05) is 10.0 Å². The molecule has 0 aliphatic carbocycles. The molecule has 2 aromatic rings. The van der Waals surface area contributed by atoms with Crippen molar-refractivity contribution in [3.63, 3.8) is 0 Å². The SMILES string of the molecule is C[NH+](CC(=O)Nc1ccccc1Br)Cc1ccccc1. The molecule has 0 saturated carbocycles. The van der Waals surface area contributed by atoms with E-state index < -0.39 is 0 Å². The van der Waals surface area contributed by atoms with Gasteiger partial charge in [-0.2, -0.15) is 0 Å². The summed E-state index contributed by atoms with van der Waals surface area (Å²) < 4.78 is 0.897. The van der Waals surface area contributed by atoms with Gasteiger partial charge in [0.05, 0.1) is 12.7 Å². The summed E-state index contributed by atoms with van der Waals surface area (Å²) in [5, 5.41) is 2.92. The fraction of sp³-hybridized carbons (Fsp3) is 0.188. The highest BCUT2D eigenvalue weighted by Crippen LogP contribution is 2.20. The van der Waals surface area contributed by atoms with Crippen LogP contribution in [0.15, 0.2) is 59.1 Å². The highest BCUT2D eigenvalue weighted by molar-refractivity contribution is 9.10. The van der Waals surface area contributed by atoms with Gasteiger partial charge in [-0.3, -0.25) is 4.79 Å². The first-order valence-corrected chi connectivity index (χ1v) is 7.34. The molecule has 0 aliphatic rings. The maximum atomic E-state index is 12.0. The zero-order chi connectivity index (χ0) is 14.4. The summed E-state index contributed by atoms with van der Waals surface area (Å²) in [4.78, 5) is 13.2. The van der Waals surface area contributed by atoms with Gasteiger partial charge >= 0.3 is 0 Å². The largest absolute Gasteiger partial charge is 0.326 e. The van der Waals surface area contributed by atoms with Gasteiger partial charge in [0.25, 0.3) is 5.91 Å². The lowest BCUT2D eigenvalue weighted by atomic mass is 10.2. The lowest BCUT2D eigenvalue weighted by molar-refractivity contribution is -0.885. The summed E-state index contributed by atoms with van der Waals surface area (Å²) >= 11 is 3.42. The number of halogens is 1. The number of carbonyl (C=O) groups is 1. The monoisotopic (exact) mass is 333 g/mol. The van der Waals surface area contributed by atoms with E-state index in [4.69, 9.17) is 0 Å². The van der Waals surface area contributed by atoms with Crippen molar-refractivity contribution < 1.29 is 9.69 Å². The molecule has 1 unspecified atom stereocenters. The van der Waals surface area contributed by atoms with E-state index in [1.54, 1.807) is 0 Å². The van der Waals surface area contributed by atoms with Gasteiger partial charge in [-0.15, -0.1) is 0 Å². The molecule has 0 fully saturated rings. The van der Waals surface area contributed by atoms with Crippen LogP contribution < -0.4 is 10.2 Å². The molecule has 3 nitrogen and oxygen atoms in total. The fourth-order valence-electron chi connectivity index (χ4n) is 2.04. The van der Waals surface area contributed by atoms with Crippen LogP contribution in [0, 0.1) is 0 Å². The minimum atomic E-state index is 0.0188. The molecule has 1 atom stereocenters. The third kappa shape index (κ3) is 4.47. The molecular formula is C16H18BrN2O+. The van der Waals surface area contributed by atoms with Crippen LogP contribution in [0.4, 0.5) is 5.69 Å². The van der Waals surface area contributed by atoms with E-state index in [9.17, 15) is 4.79 Å². The van der Waals surface area contributed by atoms with Crippen molar-refractivity contribution in [3.05, 3.63) is 64.6 Å². The average Bonchev–Trinajstić information content (AvgIpc) is 2.42. The van der Waals surface area contributed by atoms with Crippen LogP contribution in [0.25, 0.3) is 0 Å². The number of anilines is 1. The minimum Gasteiger partial charge on any atom is -0.326 e. The number of quaternary nitrogens is 1. The number of nitrogens with one attached hydrogen (secondary N) is 2. The van der Waals surface area contributed by atoms with Crippen LogP contribution in [0.5, 0.6) is 0 Å². The lowest BCUT2D eigenvalue weighted by Gasteiger charge is -2.14. The Kier molecular flexibility index (Phi) is 5.32. The molecule has 20 heavy (non-hydrogen) atoms. The molecule has 0 bridgehead atoms. The Labute approximate surface area is 127 Å². The number of likely N-dealkylation sites (N-methyl/N-ethyl adjacent to an activating group) is 1. The molecule has 2 rings (SSSR count). The molecule has 104 valence electrons. The number of carbonyl (C=O) groups excluding carboxylic acids is 1. The fourth-order valence-corrected chi connectivity index (χ4v) is 2.42. The van der Waals surface area contributed by atoms with E-state index in [0.29, 0.717) is 6.54 Å². The van der Waals surface area contributed by atoms with Crippen molar-refractivity contribution in [1.29, 1.82) is 0 Å². The molecule has 0 radical (unpaired) electrons. The van der Waals surface area contributed by atoms with Crippen molar-refractivity contribution >= 4 is 27.5 Å². The maximum absolute atomic E-state index is 12.0. The van der Waals surface area contributed by atoms with Gasteiger partial charge < -0.3 is 10.2 Å². The molecule has 0 aliphatic heterocycles. The van der Waals surface area contributed by atoms with Crippen LogP contribution in [-0.2, 0) is 11.3 Å². The molecule has 0 heterocycles. The van der Waals surface area contributed by atoms with Crippen LogP contribution in [0.3, 0.4) is 0 Å². The van der Waals surface area contributed by atoms with Gasteiger partial charge in [-0.05, 0) is 28.1 Å². The quantitative estimate of drug-likeness (QED) is 0.863. The molecular weight excluding hydrogens is 316 g/mol. The standard InChI is InChI=1S/C16H17BrN2O/c1-19(11-13-7-3-2-4-8-13)12-16(20)18-15-10-6-5-9-14(15)17/h2-10H,11-12H2,1H3,(H,18,20)/p+1. The van der Waals surface area contributed by atoms with Gasteiger partial charge in [0.1, 0.15) is 6.54 Å². The van der Waals surface area contributed by atoms with Crippen molar-refractivity contribution in [2.45, 2.75) is 6.54 Å². The molecule has 0 aromatic heterocycles. The Morgan fingerprint density at radius 2 is 1.75 bits per heavy atom. The summed E-state index contributed by atoms with van der Waals surface area (Å²) in [6.45, 7) is 1.28. The normalized spacial score (nSPS) is 11.9. The Morgan fingerprint density at radius 1 is 1.10 bits per heavy atom. The topological polar surface area (TPSA) is 33.5 Å². The van der Waals surface area contributed by atoms with Gasteiger partial charge in [-0.25, -0.2) is 0 Å². The highest BCUT2D eigenvalue weighted by atomic mass is 79.9. The summed E-state index contributed by atoms with van der Waals surface area (Å²) in [5.74, 6) is 0.0188. The zero-order valence-corrected chi connectivity index (χ0v) is 13.0. The zero-order valence-electron chi connectivity index (χ0n) is 11.4. The first kappa shape index (κ1) is 14.8. The summed E-state index contributed by atoms with van der Waals surface area (Å²) in [6.07, 6.45) is 0. The van der Waals surface area contributed by atoms with Crippen molar-refractivity contribution in [2.75, 3.05) is 18.9 Å². The van der Waals surface area contributed by atoms with Crippen LogP contribution >= 0.6 is 15.9 Å². The number of amides is 1. The molecule has 0 spiro atoms. The summed E-state index contributed by atoms with van der Waals surface area (Å²) in [6, 6.07) is 17.8. The Hall–Kier alpha value is -1.65. The van der Waals surface area contributed by atoms with Crippen molar-refractivity contribution in [1.82, 2.24) is 0 Å². The Bertz CT molecular complexity index is 572. The first-order valence-electron chi connectivity index (χ1n) is 6.55. The summed E-state index contributed by atoms with van der Waals surface area (Å²) in [7, 11) is 2.02. The third-order valence-electron chi connectivity index (χ3n) is 2.96. The van der Waals surface area contributed by atoms with Crippen LogP contribution in [0.2, 0.25) is 0 Å². The second-order valence-corrected chi connectivity index (χ2v) is 5.68. The van der Waals surface area contributed by atoms with Crippen LogP contribution in [-0.4, -0.2) is 19.5 Å². The molecule has 1 amide bonds. The van der Waals surface area contributed by atoms with Crippen molar-refractivity contribution in [2.24, 2.45) is 0 Å². The molecule has 4 heteroatoms. The first-order chi connectivity index (χ1) is 9.65. The van der Waals surface area contributed by atoms with E-state index in [2.05, 4.69) is 33.4 Å². The van der Waals surface area contributed by atoms with E-state index in [-0.39, 0.29) is 5.91 Å². The van der Waals surface area contributed by atoms with E-state index in [0.717, 1.165) is 21.6 Å². The van der Waals surface area contributed by atoms with E-state index in [1.807, 2.05) is 49.5 Å². The molecule has 2 N–H and O–H groups in total. The average molecular weight is 334 g/mol. The number of hydrogen-bond donors (Lipinski definition) is 2. The van der Waals surface area contributed by atoms with Gasteiger partial charge in [-0.1, -0.05) is 42.5 Å².